The number of hydrogen-bond acceptors (Lipinski definition) is 4. The molecule has 150 valence electrons. The summed E-state index contributed by atoms with van der Waals surface area (Å²) in [5, 5.41) is 3.03. The highest BCUT2D eigenvalue weighted by Crippen LogP contribution is 2.17. The Morgan fingerprint density at radius 1 is 0.654 bits per heavy atom. The van der Waals surface area contributed by atoms with Crippen LogP contribution in [0.25, 0.3) is 0 Å². The molecular formula is C22H39NO3. The van der Waals surface area contributed by atoms with E-state index in [0.29, 0.717) is 5.69 Å². The van der Waals surface area contributed by atoms with E-state index in [-0.39, 0.29) is 5.75 Å². The Balaban J connectivity index is 1.81. The second-order valence-electron chi connectivity index (χ2n) is 7.44. The molecule has 0 saturated carbocycles. The van der Waals surface area contributed by atoms with Crippen molar-refractivity contribution in [2.45, 2.75) is 103 Å². The van der Waals surface area contributed by atoms with Gasteiger partial charge in [0.05, 0.1) is 7.11 Å². The Labute approximate surface area is 159 Å². The summed E-state index contributed by atoms with van der Waals surface area (Å²) in [5.41, 5.74) is -0.586. The molecule has 0 atom stereocenters. The van der Waals surface area contributed by atoms with Crippen LogP contribution in [0.5, 0.6) is 5.75 Å². The summed E-state index contributed by atoms with van der Waals surface area (Å²) in [7, 11) is 1.43. The Morgan fingerprint density at radius 3 is 1.50 bits per heavy atom. The van der Waals surface area contributed by atoms with Crippen LogP contribution in [0.2, 0.25) is 0 Å². The zero-order chi connectivity index (χ0) is 19.0. The number of rotatable bonds is 18. The number of anilines is 1. The second-order valence-corrected chi connectivity index (χ2v) is 7.44. The van der Waals surface area contributed by atoms with Crippen molar-refractivity contribution in [3.05, 3.63) is 20.4 Å². The first kappa shape index (κ1) is 22.7. The van der Waals surface area contributed by atoms with Crippen LogP contribution in [0.3, 0.4) is 0 Å². The number of ether oxygens (including phenoxy) is 1. The van der Waals surface area contributed by atoms with Gasteiger partial charge >= 0.3 is 0 Å². The molecule has 0 aliphatic rings. The van der Waals surface area contributed by atoms with Gasteiger partial charge in [-0.15, -0.1) is 0 Å². The normalized spacial score (nSPS) is 11.2. The molecular weight excluding hydrogens is 326 g/mol. The van der Waals surface area contributed by atoms with Crippen molar-refractivity contribution in [3.8, 4) is 5.75 Å². The fourth-order valence-electron chi connectivity index (χ4n) is 3.44. The van der Waals surface area contributed by atoms with Gasteiger partial charge in [-0.1, -0.05) is 96.8 Å². The van der Waals surface area contributed by atoms with Crippen molar-refractivity contribution in [2.75, 3.05) is 19.0 Å². The molecule has 4 heteroatoms. The van der Waals surface area contributed by atoms with E-state index in [1.165, 1.54) is 97.0 Å². The largest absolute Gasteiger partial charge is 0.491 e. The van der Waals surface area contributed by atoms with Crippen LogP contribution in [-0.2, 0) is 0 Å². The van der Waals surface area contributed by atoms with Gasteiger partial charge in [-0.2, -0.15) is 0 Å². The third-order valence-corrected chi connectivity index (χ3v) is 5.15. The highest BCUT2D eigenvalue weighted by Gasteiger charge is 2.20. The van der Waals surface area contributed by atoms with Gasteiger partial charge in [0, 0.05) is 6.54 Å². The first-order valence-corrected chi connectivity index (χ1v) is 10.8. The van der Waals surface area contributed by atoms with Crippen molar-refractivity contribution >= 4 is 5.69 Å². The summed E-state index contributed by atoms with van der Waals surface area (Å²) in [6.45, 7) is 3.01. The van der Waals surface area contributed by atoms with Crippen LogP contribution < -0.4 is 20.9 Å². The monoisotopic (exact) mass is 365 g/mol. The Bertz CT molecular complexity index is 532. The van der Waals surface area contributed by atoms with Gasteiger partial charge in [0.1, 0.15) is 5.69 Å². The van der Waals surface area contributed by atoms with Crippen molar-refractivity contribution in [3.63, 3.8) is 0 Å². The van der Waals surface area contributed by atoms with E-state index < -0.39 is 10.9 Å². The van der Waals surface area contributed by atoms with Crippen LogP contribution in [-0.4, -0.2) is 13.7 Å². The van der Waals surface area contributed by atoms with Crippen molar-refractivity contribution < 1.29 is 4.74 Å². The maximum Gasteiger partial charge on any atom is 0.271 e. The maximum atomic E-state index is 11.4. The van der Waals surface area contributed by atoms with E-state index in [1.54, 1.807) is 0 Å². The lowest BCUT2D eigenvalue weighted by molar-refractivity contribution is 0.407. The second kappa shape index (κ2) is 14.8. The van der Waals surface area contributed by atoms with E-state index in [2.05, 4.69) is 12.2 Å². The minimum absolute atomic E-state index is 0.191. The van der Waals surface area contributed by atoms with E-state index in [1.807, 2.05) is 0 Å². The lowest BCUT2D eigenvalue weighted by Crippen LogP contribution is -2.35. The molecule has 1 aromatic carbocycles. The molecule has 0 spiro atoms. The summed E-state index contributed by atoms with van der Waals surface area (Å²) in [6, 6.07) is 0. The molecule has 0 heterocycles. The van der Waals surface area contributed by atoms with Crippen LogP contribution in [0.15, 0.2) is 9.59 Å². The molecule has 0 bridgehead atoms. The molecule has 0 radical (unpaired) electrons. The smallest absolute Gasteiger partial charge is 0.271 e. The summed E-state index contributed by atoms with van der Waals surface area (Å²) in [5.74, 6) is 0.191. The van der Waals surface area contributed by atoms with E-state index in [4.69, 9.17) is 4.74 Å². The SMILES string of the molecule is CCCCCCCCCCCCCCCCCNc1c(OC)c(=O)c1=O. The van der Waals surface area contributed by atoms with E-state index >= 15 is 0 Å². The molecule has 0 aromatic heterocycles. The summed E-state index contributed by atoms with van der Waals surface area (Å²) < 4.78 is 4.91. The Morgan fingerprint density at radius 2 is 1.08 bits per heavy atom. The summed E-state index contributed by atoms with van der Waals surface area (Å²) in [4.78, 5) is 22.6. The molecule has 0 unspecified atom stereocenters. The molecule has 26 heavy (non-hydrogen) atoms. The quantitative estimate of drug-likeness (QED) is 0.273. The van der Waals surface area contributed by atoms with Gasteiger partial charge in [0.25, 0.3) is 10.9 Å². The predicted octanol–water partition coefficient (Wildman–Crippen LogP) is 5.57. The van der Waals surface area contributed by atoms with Gasteiger partial charge in [-0.05, 0) is 6.42 Å². The van der Waals surface area contributed by atoms with Crippen molar-refractivity contribution in [2.24, 2.45) is 0 Å². The van der Waals surface area contributed by atoms with Crippen LogP contribution >= 0.6 is 0 Å². The Hall–Kier alpha value is -1.32. The van der Waals surface area contributed by atoms with Crippen LogP contribution in [0, 0.1) is 0 Å². The molecule has 0 fully saturated rings. The van der Waals surface area contributed by atoms with Gasteiger partial charge < -0.3 is 10.1 Å². The standard InChI is InChI=1S/C22H39NO3/c1-3-4-5-6-7-8-9-10-11-12-13-14-15-16-17-18-23-19-20(24)21(25)22(19)26-2/h23H,3-18H2,1-2H3. The number of nitrogens with one attached hydrogen (secondary N) is 1. The molecule has 0 aliphatic carbocycles. The molecule has 1 N–H and O–H groups in total. The van der Waals surface area contributed by atoms with Gasteiger partial charge in [0.15, 0.2) is 5.75 Å². The fraction of sp³-hybridized carbons (Fsp3) is 0.818. The zero-order valence-electron chi connectivity index (χ0n) is 17.0. The third-order valence-electron chi connectivity index (χ3n) is 5.15. The van der Waals surface area contributed by atoms with Crippen molar-refractivity contribution in [1.29, 1.82) is 0 Å². The fourth-order valence-corrected chi connectivity index (χ4v) is 3.44. The summed E-state index contributed by atoms with van der Waals surface area (Å²) >= 11 is 0. The molecule has 1 aromatic rings. The van der Waals surface area contributed by atoms with Crippen molar-refractivity contribution in [1.82, 2.24) is 0 Å². The minimum atomic E-state index is -0.508. The van der Waals surface area contributed by atoms with E-state index in [0.717, 1.165) is 13.0 Å². The molecule has 4 nitrogen and oxygen atoms in total. The van der Waals surface area contributed by atoms with Gasteiger partial charge in [-0.25, -0.2) is 0 Å². The maximum absolute atomic E-state index is 11.4. The molecule has 0 aliphatic heterocycles. The van der Waals surface area contributed by atoms with Gasteiger partial charge in [0.2, 0.25) is 0 Å². The number of hydrogen-bond donors (Lipinski definition) is 1. The van der Waals surface area contributed by atoms with Gasteiger partial charge in [-0.3, -0.25) is 9.59 Å². The lowest BCUT2D eigenvalue weighted by atomic mass is 10.0. The minimum Gasteiger partial charge on any atom is -0.491 e. The topological polar surface area (TPSA) is 55.4 Å². The van der Waals surface area contributed by atoms with E-state index in [9.17, 15) is 9.59 Å². The van der Waals surface area contributed by atoms with Crippen LogP contribution in [0.1, 0.15) is 103 Å². The number of methoxy groups -OCH3 is 1. The lowest BCUT2D eigenvalue weighted by Gasteiger charge is -2.11. The van der Waals surface area contributed by atoms with Crippen LogP contribution in [0.4, 0.5) is 5.69 Å². The Kier molecular flexibility index (Phi) is 12.9. The average Bonchev–Trinajstić information content (AvgIpc) is 2.66. The summed E-state index contributed by atoms with van der Waals surface area (Å²) in [6.07, 6.45) is 20.1. The highest BCUT2D eigenvalue weighted by molar-refractivity contribution is 5.61. The highest BCUT2D eigenvalue weighted by atomic mass is 16.5. The zero-order valence-corrected chi connectivity index (χ0v) is 17.0. The average molecular weight is 366 g/mol. The first-order chi connectivity index (χ1) is 12.7. The predicted molar refractivity (Wildman–Crippen MR) is 111 cm³/mol. The molecule has 0 amide bonds. The number of unbranched alkanes of at least 4 members (excludes halogenated alkanes) is 14. The first-order valence-electron chi connectivity index (χ1n) is 10.8. The molecule has 0 saturated heterocycles. The third kappa shape index (κ3) is 8.86. The molecule has 1 rings (SSSR count).